The van der Waals surface area contributed by atoms with Crippen molar-refractivity contribution in [1.29, 1.82) is 0 Å². The Kier molecular flexibility index (Phi) is 3.83. The number of hydrogen-bond donors (Lipinski definition) is 1. The first-order valence-electron chi connectivity index (χ1n) is 4.91. The van der Waals surface area contributed by atoms with Gasteiger partial charge in [0, 0.05) is 12.4 Å². The van der Waals surface area contributed by atoms with Gasteiger partial charge in [0.15, 0.2) is 0 Å². The highest BCUT2D eigenvalue weighted by atomic mass is 35.5. The van der Waals surface area contributed by atoms with Crippen LogP contribution in [0.3, 0.4) is 0 Å². The van der Waals surface area contributed by atoms with E-state index in [2.05, 4.69) is 18.6 Å². The number of halogens is 1. The highest BCUT2D eigenvalue weighted by molar-refractivity contribution is 7.89. The van der Waals surface area contributed by atoms with Crippen LogP contribution in [0.4, 0.5) is 0 Å². The molecule has 0 amide bonds. The van der Waals surface area contributed by atoms with Crippen LogP contribution in [0, 0.1) is 11.3 Å². The normalized spacial score (nSPS) is 24.9. The van der Waals surface area contributed by atoms with Gasteiger partial charge >= 0.3 is 0 Å². The minimum Gasteiger partial charge on any atom is -0.215 e. The van der Waals surface area contributed by atoms with Gasteiger partial charge in [-0.1, -0.05) is 13.8 Å². The predicted octanol–water partition coefficient (Wildman–Crippen LogP) is 1.58. The molecule has 1 atom stereocenters. The molecule has 0 aromatic heterocycles. The molecule has 3 nitrogen and oxygen atoms in total. The highest BCUT2D eigenvalue weighted by Crippen LogP contribution is 2.51. The fourth-order valence-corrected chi connectivity index (χ4v) is 2.88. The molecule has 0 aromatic rings. The summed E-state index contributed by atoms with van der Waals surface area (Å²) in [4.78, 5) is 0. The number of hydrogen-bond acceptors (Lipinski definition) is 2. The van der Waals surface area contributed by atoms with E-state index in [0.717, 1.165) is 6.42 Å². The Morgan fingerprint density at radius 3 is 2.50 bits per heavy atom. The third-order valence-electron chi connectivity index (χ3n) is 2.81. The lowest BCUT2D eigenvalue weighted by molar-refractivity contribution is 0.537. The molecule has 0 aromatic carbocycles. The zero-order chi connectivity index (χ0) is 10.8. The molecule has 1 aliphatic rings. The molecule has 5 heteroatoms. The van der Waals surface area contributed by atoms with Gasteiger partial charge in [-0.2, -0.15) is 0 Å². The summed E-state index contributed by atoms with van der Waals surface area (Å²) in [6.45, 7) is 4.90. The number of rotatable bonds is 6. The fraction of sp³-hybridized carbons (Fsp3) is 1.00. The lowest BCUT2D eigenvalue weighted by Gasteiger charge is -2.06. The molecule has 1 aliphatic carbocycles. The molecule has 1 unspecified atom stereocenters. The molecule has 0 radical (unpaired) electrons. The highest BCUT2D eigenvalue weighted by Gasteiger charge is 2.45. The fourth-order valence-electron chi connectivity index (χ4n) is 1.47. The van der Waals surface area contributed by atoms with Gasteiger partial charge in [-0.25, -0.2) is 13.1 Å². The van der Waals surface area contributed by atoms with E-state index < -0.39 is 10.0 Å². The molecule has 0 aliphatic heterocycles. The maximum atomic E-state index is 11.4. The van der Waals surface area contributed by atoms with Crippen LogP contribution in [0.1, 0.15) is 26.7 Å². The van der Waals surface area contributed by atoms with Gasteiger partial charge in [0.05, 0.1) is 5.75 Å². The van der Waals surface area contributed by atoms with Gasteiger partial charge in [-0.05, 0) is 24.2 Å². The summed E-state index contributed by atoms with van der Waals surface area (Å²) >= 11 is 5.44. The first kappa shape index (κ1) is 12.3. The number of nitrogens with one attached hydrogen (secondary N) is 1. The molecular formula is C9H18ClNO2S. The van der Waals surface area contributed by atoms with Crippen molar-refractivity contribution < 1.29 is 8.42 Å². The van der Waals surface area contributed by atoms with Crippen LogP contribution in [0.25, 0.3) is 0 Å². The first-order chi connectivity index (χ1) is 6.37. The molecule has 1 saturated carbocycles. The molecule has 1 N–H and O–H groups in total. The van der Waals surface area contributed by atoms with Crippen molar-refractivity contribution in [1.82, 2.24) is 4.72 Å². The summed E-state index contributed by atoms with van der Waals surface area (Å²) in [7, 11) is -3.08. The predicted molar refractivity (Wildman–Crippen MR) is 59.0 cm³/mol. The summed E-state index contributed by atoms with van der Waals surface area (Å²) in [5.41, 5.74) is 0.328. The molecular weight excluding hydrogens is 222 g/mol. The van der Waals surface area contributed by atoms with Crippen molar-refractivity contribution >= 4 is 21.6 Å². The molecule has 1 rings (SSSR count). The van der Waals surface area contributed by atoms with Gasteiger partial charge in [0.2, 0.25) is 10.0 Å². The summed E-state index contributed by atoms with van der Waals surface area (Å²) in [6.07, 6.45) is 1.63. The molecule has 0 spiro atoms. The molecule has 0 bridgehead atoms. The Morgan fingerprint density at radius 1 is 1.50 bits per heavy atom. The Hall–Kier alpha value is 0.200. The van der Waals surface area contributed by atoms with Crippen LogP contribution >= 0.6 is 11.6 Å². The van der Waals surface area contributed by atoms with Crippen molar-refractivity contribution in [2.45, 2.75) is 26.7 Å². The maximum absolute atomic E-state index is 11.4. The second kappa shape index (κ2) is 4.37. The standard InChI is InChI=1S/C9H18ClNO2S/c1-9(2)6-8(9)7-11-14(12,13)5-3-4-10/h8,11H,3-7H2,1-2H3. The molecule has 0 saturated heterocycles. The third-order valence-corrected chi connectivity index (χ3v) is 4.51. The minimum atomic E-state index is -3.08. The quantitative estimate of drug-likeness (QED) is 0.716. The summed E-state index contributed by atoms with van der Waals surface area (Å²) in [5.74, 6) is 1.05. The third kappa shape index (κ3) is 3.75. The Balaban J connectivity index is 2.24. The zero-order valence-electron chi connectivity index (χ0n) is 8.72. The average molecular weight is 240 g/mol. The van der Waals surface area contributed by atoms with Crippen LogP contribution < -0.4 is 4.72 Å². The van der Waals surface area contributed by atoms with Crippen LogP contribution in [-0.2, 0) is 10.0 Å². The topological polar surface area (TPSA) is 46.2 Å². The molecule has 14 heavy (non-hydrogen) atoms. The van der Waals surface area contributed by atoms with E-state index in [1.807, 2.05) is 0 Å². The SMILES string of the molecule is CC1(C)CC1CNS(=O)(=O)CCCCl. The van der Waals surface area contributed by atoms with Crippen molar-refractivity contribution in [3.8, 4) is 0 Å². The van der Waals surface area contributed by atoms with E-state index in [1.54, 1.807) is 0 Å². The van der Waals surface area contributed by atoms with E-state index in [0.29, 0.717) is 30.2 Å². The van der Waals surface area contributed by atoms with Crippen LogP contribution in [0.5, 0.6) is 0 Å². The van der Waals surface area contributed by atoms with Gasteiger partial charge in [-0.15, -0.1) is 11.6 Å². The van der Waals surface area contributed by atoms with E-state index in [4.69, 9.17) is 11.6 Å². The van der Waals surface area contributed by atoms with E-state index in [9.17, 15) is 8.42 Å². The van der Waals surface area contributed by atoms with Crippen LogP contribution in [0.15, 0.2) is 0 Å². The molecule has 84 valence electrons. The molecule has 1 fully saturated rings. The van der Waals surface area contributed by atoms with Crippen molar-refractivity contribution in [3.63, 3.8) is 0 Å². The second-order valence-corrected chi connectivity index (χ2v) is 6.90. The Morgan fingerprint density at radius 2 is 2.07 bits per heavy atom. The van der Waals surface area contributed by atoms with Crippen molar-refractivity contribution in [2.75, 3.05) is 18.2 Å². The maximum Gasteiger partial charge on any atom is 0.211 e. The largest absolute Gasteiger partial charge is 0.215 e. The van der Waals surface area contributed by atoms with Gasteiger partial charge in [-0.3, -0.25) is 0 Å². The monoisotopic (exact) mass is 239 g/mol. The van der Waals surface area contributed by atoms with Crippen molar-refractivity contribution in [3.05, 3.63) is 0 Å². The lowest BCUT2D eigenvalue weighted by Crippen LogP contribution is -2.29. The molecule has 0 heterocycles. The van der Waals surface area contributed by atoms with Gasteiger partial charge in [0.1, 0.15) is 0 Å². The van der Waals surface area contributed by atoms with E-state index in [-0.39, 0.29) is 5.75 Å². The minimum absolute atomic E-state index is 0.143. The summed E-state index contributed by atoms with van der Waals surface area (Å²) < 4.78 is 25.4. The lowest BCUT2D eigenvalue weighted by atomic mass is 10.1. The van der Waals surface area contributed by atoms with Gasteiger partial charge < -0.3 is 0 Å². The smallest absolute Gasteiger partial charge is 0.211 e. The Bertz CT molecular complexity index is 287. The van der Waals surface area contributed by atoms with Crippen molar-refractivity contribution in [2.24, 2.45) is 11.3 Å². The first-order valence-corrected chi connectivity index (χ1v) is 7.09. The summed E-state index contributed by atoms with van der Waals surface area (Å²) in [5, 5.41) is 0. The second-order valence-electron chi connectivity index (χ2n) is 4.60. The van der Waals surface area contributed by atoms with Crippen LogP contribution in [-0.4, -0.2) is 26.6 Å². The van der Waals surface area contributed by atoms with Gasteiger partial charge in [0.25, 0.3) is 0 Å². The van der Waals surface area contributed by atoms with E-state index >= 15 is 0 Å². The Labute approximate surface area is 91.3 Å². The van der Waals surface area contributed by atoms with Crippen LogP contribution in [0.2, 0.25) is 0 Å². The number of alkyl halides is 1. The average Bonchev–Trinajstić information content (AvgIpc) is 2.68. The summed E-state index contributed by atoms with van der Waals surface area (Å²) in [6, 6.07) is 0. The van der Waals surface area contributed by atoms with E-state index in [1.165, 1.54) is 0 Å². The zero-order valence-corrected chi connectivity index (χ0v) is 10.3. The number of sulfonamides is 1.